The van der Waals surface area contributed by atoms with Gasteiger partial charge in [0.1, 0.15) is 17.9 Å². The van der Waals surface area contributed by atoms with E-state index in [1.807, 2.05) is 31.2 Å². The molecule has 2 aromatic carbocycles. The molecule has 2 aromatic rings. The number of carbonyl (C=O) groups excluding carboxylic acids is 2. The smallest absolute Gasteiger partial charge is 0.249 e. The van der Waals surface area contributed by atoms with E-state index in [-0.39, 0.29) is 6.42 Å². The minimum absolute atomic E-state index is 0.329. The third kappa shape index (κ3) is 5.85. The van der Waals surface area contributed by atoms with Gasteiger partial charge in [-0.3, -0.25) is 9.59 Å². The number of benzene rings is 2. The highest BCUT2D eigenvalue weighted by molar-refractivity contribution is 6.04. The number of hydrogen-bond donors (Lipinski definition) is 2. The Balaban J connectivity index is 1.92. The molecule has 0 aliphatic rings. The highest BCUT2D eigenvalue weighted by Gasteiger charge is 2.10. The first-order valence-electron chi connectivity index (χ1n) is 8.49. The van der Waals surface area contributed by atoms with Crippen molar-refractivity contribution in [1.29, 1.82) is 0 Å². The molecule has 0 fully saturated rings. The molecule has 27 heavy (non-hydrogen) atoms. The summed E-state index contributed by atoms with van der Waals surface area (Å²) >= 11 is 0. The summed E-state index contributed by atoms with van der Waals surface area (Å²) in [5, 5.41) is 6.62. The van der Waals surface area contributed by atoms with E-state index >= 15 is 0 Å². The van der Waals surface area contributed by atoms with Crippen molar-refractivity contribution in [2.45, 2.75) is 19.8 Å². The minimum atomic E-state index is -0.514. The highest BCUT2D eigenvalue weighted by Crippen LogP contribution is 2.22. The van der Waals surface area contributed by atoms with Crippen LogP contribution in [0.5, 0.6) is 11.5 Å². The summed E-state index contributed by atoms with van der Waals surface area (Å²) in [6.07, 6.45) is 1.89. The number of methoxy groups -OCH3 is 2. The molecule has 0 aliphatic heterocycles. The molecular weight excluding hydrogens is 346 g/mol. The maximum absolute atomic E-state index is 12.0. The fourth-order valence-corrected chi connectivity index (χ4v) is 2.44. The lowest BCUT2D eigenvalue weighted by Gasteiger charge is -2.09. The molecule has 7 nitrogen and oxygen atoms in total. The average Bonchev–Trinajstić information content (AvgIpc) is 2.68. The number of amides is 2. The van der Waals surface area contributed by atoms with Gasteiger partial charge in [-0.25, -0.2) is 5.43 Å². The van der Waals surface area contributed by atoms with Gasteiger partial charge in [-0.2, -0.15) is 5.10 Å². The number of nitrogens with zero attached hydrogens (tertiary/aromatic N) is 1. The normalized spacial score (nSPS) is 10.5. The Morgan fingerprint density at radius 1 is 1.07 bits per heavy atom. The van der Waals surface area contributed by atoms with E-state index in [0.29, 0.717) is 22.7 Å². The fraction of sp³-hybridized carbons (Fsp3) is 0.250. The molecule has 2 N–H and O–H groups in total. The van der Waals surface area contributed by atoms with Crippen LogP contribution in [0.1, 0.15) is 24.5 Å². The SMILES string of the molecule is CCc1ccccc1NC(=O)CC(=O)NN=Cc1cc(OC)ccc1OC. The summed E-state index contributed by atoms with van der Waals surface area (Å²) in [5.74, 6) is 0.308. The number of anilines is 1. The van der Waals surface area contributed by atoms with Crippen molar-refractivity contribution < 1.29 is 19.1 Å². The molecule has 2 amide bonds. The van der Waals surface area contributed by atoms with Crippen molar-refractivity contribution in [3.63, 3.8) is 0 Å². The van der Waals surface area contributed by atoms with Gasteiger partial charge >= 0.3 is 0 Å². The van der Waals surface area contributed by atoms with Crippen LogP contribution in [0, 0.1) is 0 Å². The van der Waals surface area contributed by atoms with Crippen molar-refractivity contribution >= 4 is 23.7 Å². The summed E-state index contributed by atoms with van der Waals surface area (Å²) in [5.41, 5.74) is 4.70. The molecule has 7 heteroatoms. The van der Waals surface area contributed by atoms with Crippen LogP contribution in [0.2, 0.25) is 0 Å². The van der Waals surface area contributed by atoms with Crippen LogP contribution in [0.3, 0.4) is 0 Å². The molecule has 0 heterocycles. The second kappa shape index (κ2) is 9.96. The summed E-state index contributed by atoms with van der Waals surface area (Å²) < 4.78 is 10.4. The first-order valence-corrected chi connectivity index (χ1v) is 8.49. The number of nitrogens with one attached hydrogen (secondary N) is 2. The van der Waals surface area contributed by atoms with Crippen LogP contribution in [0.4, 0.5) is 5.69 Å². The van der Waals surface area contributed by atoms with Crippen molar-refractivity contribution in [3.05, 3.63) is 53.6 Å². The molecule has 0 radical (unpaired) electrons. The van der Waals surface area contributed by atoms with E-state index in [2.05, 4.69) is 15.8 Å². The number of aryl methyl sites for hydroxylation is 1. The van der Waals surface area contributed by atoms with Crippen molar-refractivity contribution in [1.82, 2.24) is 5.43 Å². The molecule has 0 saturated heterocycles. The number of ether oxygens (including phenoxy) is 2. The summed E-state index contributed by atoms with van der Waals surface area (Å²) in [6.45, 7) is 2.00. The maximum atomic E-state index is 12.0. The quantitative estimate of drug-likeness (QED) is 0.425. The van der Waals surface area contributed by atoms with Crippen LogP contribution in [-0.4, -0.2) is 32.2 Å². The Kier molecular flexibility index (Phi) is 7.37. The first kappa shape index (κ1) is 20.0. The molecule has 0 aliphatic carbocycles. The predicted molar refractivity (Wildman–Crippen MR) is 104 cm³/mol. The Morgan fingerprint density at radius 3 is 2.56 bits per heavy atom. The Morgan fingerprint density at radius 2 is 1.85 bits per heavy atom. The van der Waals surface area contributed by atoms with E-state index < -0.39 is 11.8 Å². The molecule has 2 rings (SSSR count). The fourth-order valence-electron chi connectivity index (χ4n) is 2.44. The predicted octanol–water partition coefficient (Wildman–Crippen LogP) is 2.75. The van der Waals surface area contributed by atoms with Gasteiger partial charge in [0.25, 0.3) is 0 Å². The Bertz CT molecular complexity index is 834. The van der Waals surface area contributed by atoms with Gasteiger partial charge in [0, 0.05) is 11.3 Å². The third-order valence-corrected chi connectivity index (χ3v) is 3.82. The van der Waals surface area contributed by atoms with E-state index in [1.165, 1.54) is 13.3 Å². The summed E-state index contributed by atoms with van der Waals surface area (Å²) in [4.78, 5) is 24.0. The van der Waals surface area contributed by atoms with Gasteiger partial charge in [-0.15, -0.1) is 0 Å². The molecule has 0 bridgehead atoms. The Hall–Kier alpha value is -3.35. The lowest BCUT2D eigenvalue weighted by Crippen LogP contribution is -2.25. The lowest BCUT2D eigenvalue weighted by atomic mass is 10.1. The maximum Gasteiger partial charge on any atom is 0.249 e. The van der Waals surface area contributed by atoms with Crippen LogP contribution >= 0.6 is 0 Å². The molecule has 0 unspecified atom stereocenters. The highest BCUT2D eigenvalue weighted by atomic mass is 16.5. The van der Waals surface area contributed by atoms with Gasteiger partial charge in [-0.1, -0.05) is 25.1 Å². The zero-order chi connectivity index (χ0) is 19.6. The number of carbonyl (C=O) groups is 2. The monoisotopic (exact) mass is 369 g/mol. The van der Waals surface area contributed by atoms with Crippen LogP contribution in [0.15, 0.2) is 47.6 Å². The average molecular weight is 369 g/mol. The van der Waals surface area contributed by atoms with Crippen LogP contribution < -0.4 is 20.2 Å². The number of rotatable bonds is 8. The second-order valence-corrected chi connectivity index (χ2v) is 5.64. The van der Waals surface area contributed by atoms with Gasteiger partial charge in [-0.05, 0) is 36.2 Å². The van der Waals surface area contributed by atoms with Crippen molar-refractivity contribution in [2.24, 2.45) is 5.10 Å². The number of hydrogen-bond acceptors (Lipinski definition) is 5. The lowest BCUT2D eigenvalue weighted by molar-refractivity contribution is -0.126. The number of para-hydroxylation sites is 1. The van der Waals surface area contributed by atoms with Gasteiger partial charge in [0.2, 0.25) is 11.8 Å². The van der Waals surface area contributed by atoms with Gasteiger partial charge < -0.3 is 14.8 Å². The first-order chi connectivity index (χ1) is 13.1. The topological polar surface area (TPSA) is 89.0 Å². The molecular formula is C20H23N3O4. The molecule has 0 aromatic heterocycles. The van der Waals surface area contributed by atoms with Crippen LogP contribution in [-0.2, 0) is 16.0 Å². The summed E-state index contributed by atoms with van der Waals surface area (Å²) in [6, 6.07) is 12.7. The molecule has 0 saturated carbocycles. The van der Waals surface area contributed by atoms with Gasteiger partial charge in [0.15, 0.2) is 0 Å². The molecule has 142 valence electrons. The van der Waals surface area contributed by atoms with Gasteiger partial charge in [0.05, 0.1) is 20.4 Å². The van der Waals surface area contributed by atoms with Crippen molar-refractivity contribution in [2.75, 3.05) is 19.5 Å². The summed E-state index contributed by atoms with van der Waals surface area (Å²) in [7, 11) is 3.09. The third-order valence-electron chi connectivity index (χ3n) is 3.82. The molecule has 0 atom stereocenters. The van der Waals surface area contributed by atoms with Crippen LogP contribution in [0.25, 0.3) is 0 Å². The minimum Gasteiger partial charge on any atom is -0.497 e. The Labute approximate surface area is 158 Å². The largest absolute Gasteiger partial charge is 0.497 e. The zero-order valence-corrected chi connectivity index (χ0v) is 15.6. The van der Waals surface area contributed by atoms with E-state index in [9.17, 15) is 9.59 Å². The molecule has 0 spiro atoms. The second-order valence-electron chi connectivity index (χ2n) is 5.64. The van der Waals surface area contributed by atoms with Crippen molar-refractivity contribution in [3.8, 4) is 11.5 Å². The van der Waals surface area contributed by atoms with E-state index in [4.69, 9.17) is 9.47 Å². The standard InChI is InChI=1S/C20H23N3O4/c1-4-14-7-5-6-8-17(14)22-19(24)12-20(25)23-21-13-15-11-16(26-2)9-10-18(15)27-3/h5-11,13H,4,12H2,1-3H3,(H,22,24)(H,23,25). The van der Waals surface area contributed by atoms with E-state index in [1.54, 1.807) is 25.3 Å². The zero-order valence-electron chi connectivity index (χ0n) is 15.6. The van der Waals surface area contributed by atoms with E-state index in [0.717, 1.165) is 12.0 Å². The number of hydrazone groups is 1.